The first kappa shape index (κ1) is 11.2. The zero-order valence-corrected chi connectivity index (χ0v) is 9.36. The number of anilines is 1. The Morgan fingerprint density at radius 3 is 3.00 bits per heavy atom. The Hall–Kier alpha value is -0.900. The van der Waals surface area contributed by atoms with Crippen molar-refractivity contribution >= 4 is 18.0 Å². The van der Waals surface area contributed by atoms with Crippen LogP contribution in [0.1, 0.15) is 32.6 Å². The Bertz CT molecular complexity index is 308. The summed E-state index contributed by atoms with van der Waals surface area (Å²) >= 11 is 4.91. The van der Waals surface area contributed by atoms with Gasteiger partial charge in [-0.2, -0.15) is 0 Å². The molecule has 78 valence electrons. The first-order valence-corrected chi connectivity index (χ1v) is 5.53. The lowest BCUT2D eigenvalue weighted by Crippen LogP contribution is -2.03. The monoisotopic (exact) mass is 211 g/mol. The summed E-state index contributed by atoms with van der Waals surface area (Å²) in [4.78, 5) is 6.91. The van der Waals surface area contributed by atoms with Crippen LogP contribution in [0, 0.1) is 4.77 Å². The maximum absolute atomic E-state index is 4.91. The minimum atomic E-state index is 0.531. The van der Waals surface area contributed by atoms with E-state index < -0.39 is 0 Å². The maximum atomic E-state index is 4.91. The van der Waals surface area contributed by atoms with Crippen molar-refractivity contribution in [1.82, 2.24) is 9.97 Å². The molecule has 0 bridgehead atoms. The molecule has 0 spiro atoms. The molecule has 0 amide bonds. The van der Waals surface area contributed by atoms with Gasteiger partial charge in [0.1, 0.15) is 5.82 Å². The third-order valence-electron chi connectivity index (χ3n) is 2.02. The number of nitrogens with one attached hydrogen (secondary N) is 2. The number of H-pyrrole nitrogens is 1. The summed E-state index contributed by atoms with van der Waals surface area (Å²) in [5, 5.41) is 3.28. The van der Waals surface area contributed by atoms with E-state index in [1.54, 1.807) is 6.20 Å². The first-order chi connectivity index (χ1) is 6.83. The predicted octanol–water partition coefficient (Wildman–Crippen LogP) is 3.13. The average Bonchev–Trinajstić information content (AvgIpc) is 2.18. The Kier molecular flexibility index (Phi) is 5.22. The predicted molar refractivity (Wildman–Crippen MR) is 62.1 cm³/mol. The minimum absolute atomic E-state index is 0.531. The summed E-state index contributed by atoms with van der Waals surface area (Å²) in [6.07, 6.45) is 6.80. The van der Waals surface area contributed by atoms with E-state index in [4.69, 9.17) is 12.2 Å². The molecule has 14 heavy (non-hydrogen) atoms. The smallest absolute Gasteiger partial charge is 0.198 e. The third kappa shape index (κ3) is 4.37. The van der Waals surface area contributed by atoms with Gasteiger partial charge in [-0.25, -0.2) is 4.98 Å². The molecule has 1 rings (SSSR count). The van der Waals surface area contributed by atoms with E-state index in [1.807, 2.05) is 6.07 Å². The van der Waals surface area contributed by atoms with Crippen molar-refractivity contribution in [1.29, 1.82) is 0 Å². The lowest BCUT2D eigenvalue weighted by Gasteiger charge is -2.04. The fourth-order valence-corrected chi connectivity index (χ4v) is 1.42. The van der Waals surface area contributed by atoms with Gasteiger partial charge >= 0.3 is 0 Å². The lowest BCUT2D eigenvalue weighted by atomic mass is 10.2. The first-order valence-electron chi connectivity index (χ1n) is 5.12. The van der Waals surface area contributed by atoms with Gasteiger partial charge in [-0.05, 0) is 24.7 Å². The van der Waals surface area contributed by atoms with Gasteiger partial charge in [0.15, 0.2) is 4.77 Å². The van der Waals surface area contributed by atoms with E-state index in [9.17, 15) is 0 Å². The molecule has 0 saturated carbocycles. The van der Waals surface area contributed by atoms with E-state index >= 15 is 0 Å². The number of hydrogen-bond donors (Lipinski definition) is 2. The molecule has 2 N–H and O–H groups in total. The molecule has 0 unspecified atom stereocenters. The molecular formula is C10H17N3S. The molecule has 0 fully saturated rings. The SMILES string of the molecule is CCCCCCNc1ccnc(=S)[nH]1. The highest BCUT2D eigenvalue weighted by Crippen LogP contribution is 2.02. The molecule has 3 nitrogen and oxygen atoms in total. The van der Waals surface area contributed by atoms with Crippen molar-refractivity contribution in [2.75, 3.05) is 11.9 Å². The van der Waals surface area contributed by atoms with Crippen LogP contribution < -0.4 is 5.32 Å². The van der Waals surface area contributed by atoms with Crippen molar-refractivity contribution in [3.05, 3.63) is 17.0 Å². The van der Waals surface area contributed by atoms with Crippen molar-refractivity contribution in [2.45, 2.75) is 32.6 Å². The highest BCUT2D eigenvalue weighted by atomic mass is 32.1. The summed E-state index contributed by atoms with van der Waals surface area (Å²) in [7, 11) is 0. The van der Waals surface area contributed by atoms with Crippen molar-refractivity contribution in [3.63, 3.8) is 0 Å². The highest BCUT2D eigenvalue weighted by molar-refractivity contribution is 7.71. The van der Waals surface area contributed by atoms with Crippen LogP contribution in [-0.2, 0) is 0 Å². The second-order valence-corrected chi connectivity index (χ2v) is 3.66. The van der Waals surface area contributed by atoms with E-state index in [-0.39, 0.29) is 0 Å². The highest BCUT2D eigenvalue weighted by Gasteiger charge is 1.91. The van der Waals surface area contributed by atoms with Gasteiger partial charge in [0.05, 0.1) is 0 Å². The van der Waals surface area contributed by atoms with Gasteiger partial charge in [-0.15, -0.1) is 0 Å². The maximum Gasteiger partial charge on any atom is 0.198 e. The van der Waals surface area contributed by atoms with E-state index in [1.165, 1.54) is 25.7 Å². The standard InChI is InChI=1S/C10H17N3S/c1-2-3-4-5-7-11-9-6-8-12-10(14)13-9/h6,8H,2-5,7H2,1H3,(H2,11,12,13,14). The van der Waals surface area contributed by atoms with Crippen LogP contribution in [0.5, 0.6) is 0 Å². The van der Waals surface area contributed by atoms with Gasteiger partial charge in [0, 0.05) is 12.7 Å². The number of hydrogen-bond acceptors (Lipinski definition) is 3. The van der Waals surface area contributed by atoms with Crippen LogP contribution in [0.25, 0.3) is 0 Å². The Balaban J connectivity index is 2.21. The summed E-state index contributed by atoms with van der Waals surface area (Å²) in [6, 6.07) is 1.90. The van der Waals surface area contributed by atoms with Crippen molar-refractivity contribution in [3.8, 4) is 0 Å². The summed E-state index contributed by atoms with van der Waals surface area (Å²) < 4.78 is 0.531. The molecule has 0 radical (unpaired) electrons. The van der Waals surface area contributed by atoms with Crippen LogP contribution in [-0.4, -0.2) is 16.5 Å². The molecule has 0 atom stereocenters. The van der Waals surface area contributed by atoms with Gasteiger partial charge in [-0.3, -0.25) is 0 Å². The second-order valence-electron chi connectivity index (χ2n) is 3.28. The largest absolute Gasteiger partial charge is 0.372 e. The van der Waals surface area contributed by atoms with Crippen LogP contribution in [0.15, 0.2) is 12.3 Å². The molecule has 1 aromatic heterocycles. The normalized spacial score (nSPS) is 10.1. The summed E-state index contributed by atoms with van der Waals surface area (Å²) in [5.41, 5.74) is 0. The minimum Gasteiger partial charge on any atom is -0.372 e. The molecule has 1 aromatic rings. The quantitative estimate of drug-likeness (QED) is 0.561. The number of rotatable bonds is 6. The second kappa shape index (κ2) is 6.54. The van der Waals surface area contributed by atoms with Gasteiger partial charge < -0.3 is 10.3 Å². The molecule has 0 aliphatic rings. The third-order valence-corrected chi connectivity index (χ3v) is 2.23. The van der Waals surface area contributed by atoms with E-state index in [0.717, 1.165) is 12.4 Å². The molecule has 0 aliphatic heterocycles. The van der Waals surface area contributed by atoms with Crippen LogP contribution in [0.2, 0.25) is 0 Å². The topological polar surface area (TPSA) is 40.7 Å². The zero-order chi connectivity index (χ0) is 10.2. The van der Waals surface area contributed by atoms with Gasteiger partial charge in [0.25, 0.3) is 0 Å². The molecule has 0 aromatic carbocycles. The Morgan fingerprint density at radius 1 is 1.43 bits per heavy atom. The molecule has 1 heterocycles. The average molecular weight is 211 g/mol. The van der Waals surface area contributed by atoms with Crippen LogP contribution >= 0.6 is 12.2 Å². The number of aromatic nitrogens is 2. The van der Waals surface area contributed by atoms with Crippen molar-refractivity contribution < 1.29 is 0 Å². The molecule has 4 heteroatoms. The molecule has 0 saturated heterocycles. The molecular weight excluding hydrogens is 194 g/mol. The summed E-state index contributed by atoms with van der Waals surface area (Å²) in [6.45, 7) is 3.21. The lowest BCUT2D eigenvalue weighted by molar-refractivity contribution is 0.684. The molecule has 0 aliphatic carbocycles. The Labute approximate surface area is 90.0 Å². The van der Waals surface area contributed by atoms with E-state index in [2.05, 4.69) is 22.2 Å². The van der Waals surface area contributed by atoms with Gasteiger partial charge in [-0.1, -0.05) is 26.2 Å². The van der Waals surface area contributed by atoms with Crippen LogP contribution in [0.3, 0.4) is 0 Å². The number of nitrogens with zero attached hydrogens (tertiary/aromatic N) is 1. The fourth-order valence-electron chi connectivity index (χ4n) is 1.25. The summed E-state index contributed by atoms with van der Waals surface area (Å²) in [5.74, 6) is 0.960. The van der Waals surface area contributed by atoms with Gasteiger partial charge in [0.2, 0.25) is 0 Å². The number of unbranched alkanes of at least 4 members (excludes halogenated alkanes) is 3. The van der Waals surface area contributed by atoms with Crippen molar-refractivity contribution in [2.24, 2.45) is 0 Å². The van der Waals surface area contributed by atoms with Crippen LogP contribution in [0.4, 0.5) is 5.82 Å². The van der Waals surface area contributed by atoms with E-state index in [0.29, 0.717) is 4.77 Å². The zero-order valence-electron chi connectivity index (χ0n) is 8.55. The Morgan fingerprint density at radius 2 is 2.29 bits per heavy atom. The fraction of sp³-hybridized carbons (Fsp3) is 0.600. The number of aromatic amines is 1.